The zero-order chi connectivity index (χ0) is 19.4. The van der Waals surface area contributed by atoms with Crippen molar-refractivity contribution in [1.82, 2.24) is 30.1 Å². The van der Waals surface area contributed by atoms with Gasteiger partial charge in [0.1, 0.15) is 5.69 Å². The number of nitrogens with zero attached hydrogens (tertiary/aromatic N) is 5. The van der Waals surface area contributed by atoms with Gasteiger partial charge in [-0.05, 0) is 29.8 Å². The van der Waals surface area contributed by atoms with E-state index in [1.807, 2.05) is 24.5 Å². The number of rotatable bonds is 3. The first-order valence-corrected chi connectivity index (χ1v) is 9.49. The zero-order valence-corrected chi connectivity index (χ0v) is 15.5. The summed E-state index contributed by atoms with van der Waals surface area (Å²) in [4.78, 5) is 18.8. The highest BCUT2D eigenvalue weighted by Crippen LogP contribution is 2.31. The van der Waals surface area contributed by atoms with Gasteiger partial charge in [-0.1, -0.05) is 6.07 Å². The maximum Gasteiger partial charge on any atom is 0.159 e. The molecule has 0 unspecified atom stereocenters. The van der Waals surface area contributed by atoms with Crippen molar-refractivity contribution in [2.24, 2.45) is 5.73 Å². The molecule has 8 heteroatoms. The van der Waals surface area contributed by atoms with Crippen LogP contribution in [0.1, 0.15) is 0 Å². The maximum atomic E-state index is 5.92. The molecule has 0 saturated carbocycles. The Morgan fingerprint density at radius 2 is 1.90 bits per heavy atom. The number of hydrogen-bond donors (Lipinski definition) is 3. The van der Waals surface area contributed by atoms with Crippen LogP contribution in [-0.2, 0) is 0 Å². The van der Waals surface area contributed by atoms with Gasteiger partial charge >= 0.3 is 0 Å². The summed E-state index contributed by atoms with van der Waals surface area (Å²) in [7, 11) is 0. The van der Waals surface area contributed by atoms with E-state index in [4.69, 9.17) is 5.73 Å². The molecule has 5 aromatic rings. The fourth-order valence-electron chi connectivity index (χ4n) is 3.83. The van der Waals surface area contributed by atoms with E-state index in [1.54, 1.807) is 12.4 Å². The van der Waals surface area contributed by atoms with Gasteiger partial charge in [-0.15, -0.1) is 0 Å². The van der Waals surface area contributed by atoms with Crippen molar-refractivity contribution < 1.29 is 0 Å². The maximum absolute atomic E-state index is 5.92. The second-order valence-electron chi connectivity index (χ2n) is 7.41. The van der Waals surface area contributed by atoms with Crippen LogP contribution in [0.2, 0.25) is 0 Å². The van der Waals surface area contributed by atoms with Crippen molar-refractivity contribution in [3.8, 4) is 22.6 Å². The lowest BCUT2D eigenvalue weighted by molar-refractivity contribution is 0.519. The Labute approximate surface area is 165 Å². The largest absolute Gasteiger partial charge is 0.367 e. The van der Waals surface area contributed by atoms with E-state index in [-0.39, 0.29) is 6.04 Å². The Morgan fingerprint density at radius 3 is 2.76 bits per heavy atom. The second-order valence-corrected chi connectivity index (χ2v) is 7.41. The number of H-pyrrole nitrogens is 2. The van der Waals surface area contributed by atoms with Crippen LogP contribution in [0, 0.1) is 0 Å². The van der Waals surface area contributed by atoms with Gasteiger partial charge in [0.2, 0.25) is 0 Å². The Hall–Kier alpha value is -3.78. The molecule has 8 nitrogen and oxygen atoms in total. The standard InChI is InChI=1S/C21H18N8/c22-14-10-29(11-14)15-5-13(7-24-8-15)12-1-2-17-16(6-12)20(28-27-17)21-25-18-3-4-23-9-19(18)26-21/h1-9,14H,10-11,22H2,(H,25,26)(H,27,28). The molecule has 1 aromatic carbocycles. The van der Waals surface area contributed by atoms with Crippen molar-refractivity contribution in [1.29, 1.82) is 0 Å². The molecular weight excluding hydrogens is 364 g/mol. The molecule has 0 aliphatic carbocycles. The summed E-state index contributed by atoms with van der Waals surface area (Å²) in [6.45, 7) is 1.74. The lowest BCUT2D eigenvalue weighted by atomic mass is 10.0. The molecule has 1 aliphatic rings. The average molecular weight is 382 g/mol. The summed E-state index contributed by atoms with van der Waals surface area (Å²) in [5.74, 6) is 0.720. The number of aromatic nitrogens is 6. The predicted octanol–water partition coefficient (Wildman–Crippen LogP) is 2.71. The number of aromatic amines is 2. The van der Waals surface area contributed by atoms with Gasteiger partial charge in [0.05, 0.1) is 34.6 Å². The lowest BCUT2D eigenvalue weighted by Gasteiger charge is -2.38. The number of imidazole rings is 1. The summed E-state index contributed by atoms with van der Waals surface area (Å²) in [6.07, 6.45) is 7.28. The van der Waals surface area contributed by atoms with Crippen LogP contribution in [0.5, 0.6) is 0 Å². The molecule has 0 bridgehead atoms. The fraction of sp³-hybridized carbons (Fsp3) is 0.143. The fourth-order valence-corrected chi connectivity index (χ4v) is 3.83. The Morgan fingerprint density at radius 1 is 0.966 bits per heavy atom. The topological polar surface area (TPSA) is 112 Å². The van der Waals surface area contributed by atoms with Crippen LogP contribution >= 0.6 is 0 Å². The van der Waals surface area contributed by atoms with Gasteiger partial charge in [-0.25, -0.2) is 4.98 Å². The molecule has 4 N–H and O–H groups in total. The minimum Gasteiger partial charge on any atom is -0.367 e. The van der Waals surface area contributed by atoms with Crippen LogP contribution < -0.4 is 10.6 Å². The lowest BCUT2D eigenvalue weighted by Crippen LogP contribution is -2.55. The summed E-state index contributed by atoms with van der Waals surface area (Å²) in [5, 5.41) is 8.60. The molecule has 0 spiro atoms. The van der Waals surface area contributed by atoms with Crippen LogP contribution in [0.4, 0.5) is 5.69 Å². The first kappa shape index (κ1) is 16.2. The van der Waals surface area contributed by atoms with Crippen LogP contribution in [0.25, 0.3) is 44.6 Å². The van der Waals surface area contributed by atoms with E-state index in [0.29, 0.717) is 0 Å². The van der Waals surface area contributed by atoms with Gasteiger partial charge in [-0.2, -0.15) is 5.10 Å². The number of nitrogens with two attached hydrogens (primary N) is 1. The van der Waals surface area contributed by atoms with Crippen LogP contribution in [-0.4, -0.2) is 49.3 Å². The number of hydrogen-bond acceptors (Lipinski definition) is 6. The van der Waals surface area contributed by atoms with Crippen molar-refractivity contribution in [2.45, 2.75) is 6.04 Å². The summed E-state index contributed by atoms with van der Waals surface area (Å²) in [5.41, 5.74) is 12.7. The first-order valence-electron chi connectivity index (χ1n) is 9.49. The van der Waals surface area contributed by atoms with Gasteiger partial charge in [0.25, 0.3) is 0 Å². The summed E-state index contributed by atoms with van der Waals surface area (Å²) < 4.78 is 0. The normalized spacial score (nSPS) is 14.6. The molecule has 0 amide bonds. The number of nitrogens with one attached hydrogen (secondary N) is 2. The predicted molar refractivity (Wildman–Crippen MR) is 112 cm³/mol. The van der Waals surface area contributed by atoms with Crippen molar-refractivity contribution in [2.75, 3.05) is 18.0 Å². The summed E-state index contributed by atoms with van der Waals surface area (Å²) >= 11 is 0. The highest BCUT2D eigenvalue weighted by molar-refractivity contribution is 5.95. The molecule has 29 heavy (non-hydrogen) atoms. The zero-order valence-electron chi connectivity index (χ0n) is 15.5. The van der Waals surface area contributed by atoms with Crippen molar-refractivity contribution in [3.05, 3.63) is 55.1 Å². The third-order valence-electron chi connectivity index (χ3n) is 5.40. The minimum atomic E-state index is 0.252. The van der Waals surface area contributed by atoms with E-state index in [0.717, 1.165) is 63.4 Å². The highest BCUT2D eigenvalue weighted by atomic mass is 15.2. The first-order chi connectivity index (χ1) is 14.2. The molecule has 142 valence electrons. The number of fused-ring (bicyclic) bond motifs is 2. The van der Waals surface area contributed by atoms with E-state index in [2.05, 4.69) is 53.2 Å². The van der Waals surface area contributed by atoms with Gasteiger partial charge in [0.15, 0.2) is 5.82 Å². The van der Waals surface area contributed by atoms with Crippen molar-refractivity contribution >= 4 is 27.6 Å². The highest BCUT2D eigenvalue weighted by Gasteiger charge is 2.23. The van der Waals surface area contributed by atoms with E-state index in [1.165, 1.54) is 0 Å². The van der Waals surface area contributed by atoms with Gasteiger partial charge in [0, 0.05) is 42.5 Å². The second kappa shape index (κ2) is 6.11. The molecule has 1 saturated heterocycles. The minimum absolute atomic E-state index is 0.252. The molecule has 0 radical (unpaired) electrons. The molecule has 1 aliphatic heterocycles. The quantitative estimate of drug-likeness (QED) is 0.442. The smallest absolute Gasteiger partial charge is 0.159 e. The monoisotopic (exact) mass is 382 g/mol. The third kappa shape index (κ3) is 2.65. The van der Waals surface area contributed by atoms with Crippen molar-refractivity contribution in [3.63, 3.8) is 0 Å². The number of pyridine rings is 2. The Balaban J connectivity index is 1.43. The molecular formula is C21H18N8. The molecule has 6 rings (SSSR count). The Bertz CT molecular complexity index is 1310. The number of anilines is 1. The average Bonchev–Trinajstić information content (AvgIpc) is 3.34. The van der Waals surface area contributed by atoms with Gasteiger partial charge < -0.3 is 15.6 Å². The van der Waals surface area contributed by atoms with E-state index < -0.39 is 0 Å². The molecule has 5 heterocycles. The van der Waals surface area contributed by atoms with Crippen LogP contribution in [0.3, 0.4) is 0 Å². The van der Waals surface area contributed by atoms with Crippen LogP contribution in [0.15, 0.2) is 55.1 Å². The molecule has 4 aromatic heterocycles. The Kier molecular flexibility index (Phi) is 3.41. The van der Waals surface area contributed by atoms with Gasteiger partial charge in [-0.3, -0.25) is 15.1 Å². The van der Waals surface area contributed by atoms with E-state index in [9.17, 15) is 0 Å². The summed E-state index contributed by atoms with van der Waals surface area (Å²) in [6, 6.07) is 10.5. The number of benzene rings is 1. The molecule has 1 fully saturated rings. The third-order valence-corrected chi connectivity index (χ3v) is 5.40. The van der Waals surface area contributed by atoms with E-state index >= 15 is 0 Å². The molecule has 0 atom stereocenters. The SMILES string of the molecule is NC1CN(c2cncc(-c3ccc4[nH]nc(-c5nc6ccncc6[nH]5)c4c3)c2)C1.